The minimum Gasteiger partial charge on any atom is -0.493 e. The van der Waals surface area contributed by atoms with Crippen LogP contribution < -0.4 is 24.7 Å². The van der Waals surface area contributed by atoms with Gasteiger partial charge in [-0.05, 0) is 48.9 Å². The summed E-state index contributed by atoms with van der Waals surface area (Å²) in [5.41, 5.74) is 7.29. The smallest absolute Gasteiger partial charge is 0.204 e. The molecule has 0 aromatic heterocycles. The fraction of sp³-hybridized carbons (Fsp3) is 0.250. The van der Waals surface area contributed by atoms with Gasteiger partial charge < -0.3 is 24.7 Å². The Bertz CT molecular complexity index is 838. The molecule has 27 heavy (non-hydrogen) atoms. The van der Waals surface area contributed by atoms with Gasteiger partial charge in [0.15, 0.2) is 11.5 Å². The largest absolute Gasteiger partial charge is 0.493 e. The maximum absolute atomic E-state index is 12.6. The molecule has 0 saturated heterocycles. The zero-order valence-corrected chi connectivity index (χ0v) is 16.4. The predicted octanol–water partition coefficient (Wildman–Crippen LogP) is 4.16. The molecule has 144 valence electrons. The maximum atomic E-state index is 12.6. The van der Waals surface area contributed by atoms with Gasteiger partial charge in [-0.25, -0.2) is 0 Å². The summed E-state index contributed by atoms with van der Waals surface area (Å²) in [5, 5.41) is 0.0211. The van der Waals surface area contributed by atoms with Crippen LogP contribution in [-0.2, 0) is 0 Å². The normalized spacial score (nSPS) is 11.1. The van der Waals surface area contributed by atoms with Crippen LogP contribution in [0.1, 0.15) is 22.8 Å². The summed E-state index contributed by atoms with van der Waals surface area (Å²) in [7, 11) is 4.54. The molecule has 0 aliphatic carbocycles. The molecule has 0 aliphatic heterocycles. The van der Waals surface area contributed by atoms with E-state index in [9.17, 15) is 4.79 Å². The van der Waals surface area contributed by atoms with E-state index in [1.54, 1.807) is 30.3 Å². The second-order valence-corrected chi connectivity index (χ2v) is 5.87. The number of nitrogen functional groups attached to an aromatic ring is 1. The summed E-state index contributed by atoms with van der Waals surface area (Å²) in [5.74, 6) is 1.55. The number of ether oxygens (including phenoxy) is 4. The Morgan fingerprint density at radius 2 is 1.67 bits per heavy atom. The summed E-state index contributed by atoms with van der Waals surface area (Å²) in [6.07, 6.45) is 1.53. The number of rotatable bonds is 8. The molecule has 2 aromatic rings. The van der Waals surface area contributed by atoms with Gasteiger partial charge in [0.05, 0.1) is 38.7 Å². The van der Waals surface area contributed by atoms with Gasteiger partial charge in [-0.3, -0.25) is 4.79 Å². The van der Waals surface area contributed by atoms with Crippen molar-refractivity contribution in [1.29, 1.82) is 0 Å². The average Bonchev–Trinajstić information content (AvgIpc) is 2.68. The average molecular weight is 392 g/mol. The molecule has 2 rings (SSSR count). The monoisotopic (exact) mass is 391 g/mol. The van der Waals surface area contributed by atoms with E-state index in [1.807, 2.05) is 6.92 Å². The molecule has 0 spiro atoms. The molecular formula is C20H22ClNO5. The van der Waals surface area contributed by atoms with Crippen LogP contribution >= 0.6 is 11.6 Å². The zero-order valence-electron chi connectivity index (χ0n) is 15.7. The molecule has 0 heterocycles. The van der Waals surface area contributed by atoms with E-state index in [0.717, 1.165) is 0 Å². The first-order valence-corrected chi connectivity index (χ1v) is 8.57. The molecule has 0 fully saturated rings. The lowest BCUT2D eigenvalue weighted by Gasteiger charge is -2.13. The van der Waals surface area contributed by atoms with Crippen LogP contribution in [0, 0.1) is 0 Å². The molecule has 0 radical (unpaired) electrons. The lowest BCUT2D eigenvalue weighted by Crippen LogP contribution is -2.03. The Balaban J connectivity index is 2.36. The number of anilines is 1. The van der Waals surface area contributed by atoms with Gasteiger partial charge in [-0.2, -0.15) is 0 Å². The van der Waals surface area contributed by atoms with Crippen LogP contribution in [-0.4, -0.2) is 33.7 Å². The zero-order chi connectivity index (χ0) is 20.0. The highest BCUT2D eigenvalue weighted by Gasteiger charge is 2.16. The van der Waals surface area contributed by atoms with Crippen molar-refractivity contribution in [1.82, 2.24) is 0 Å². The lowest BCUT2D eigenvalue weighted by molar-refractivity contribution is 0.104. The number of carbonyl (C=O) groups is 1. The summed E-state index contributed by atoms with van der Waals surface area (Å²) >= 11 is 6.24. The fourth-order valence-corrected chi connectivity index (χ4v) is 2.75. The quantitative estimate of drug-likeness (QED) is 0.413. The molecule has 0 aliphatic rings. The van der Waals surface area contributed by atoms with Gasteiger partial charge in [0.2, 0.25) is 11.5 Å². The van der Waals surface area contributed by atoms with Crippen molar-refractivity contribution >= 4 is 29.1 Å². The number of carbonyl (C=O) groups excluding carboxylic acids is 1. The second kappa shape index (κ2) is 9.19. The number of Topliss-reactive ketones (excluding diaryl/α,β-unsaturated/α-hetero) is 1. The minimum atomic E-state index is -0.361. The van der Waals surface area contributed by atoms with Gasteiger partial charge in [0.1, 0.15) is 5.75 Å². The molecule has 2 N–H and O–H groups in total. The predicted molar refractivity (Wildman–Crippen MR) is 106 cm³/mol. The third kappa shape index (κ3) is 4.65. The highest BCUT2D eigenvalue weighted by molar-refractivity contribution is 6.47. The lowest BCUT2D eigenvalue weighted by atomic mass is 10.1. The first-order chi connectivity index (χ1) is 12.9. The Labute approximate surface area is 163 Å². The minimum absolute atomic E-state index is 0.0211. The number of allylic oxidation sites excluding steroid dienone is 1. The third-order valence-corrected chi connectivity index (χ3v) is 4.05. The van der Waals surface area contributed by atoms with Gasteiger partial charge >= 0.3 is 0 Å². The number of hydrogen-bond acceptors (Lipinski definition) is 6. The van der Waals surface area contributed by atoms with E-state index in [2.05, 4.69) is 0 Å². The van der Waals surface area contributed by atoms with Crippen molar-refractivity contribution in [3.8, 4) is 23.0 Å². The summed E-state index contributed by atoms with van der Waals surface area (Å²) in [6.45, 7) is 2.34. The van der Waals surface area contributed by atoms with Crippen LogP contribution in [0.3, 0.4) is 0 Å². The van der Waals surface area contributed by atoms with Gasteiger partial charge in [-0.15, -0.1) is 0 Å². The van der Waals surface area contributed by atoms with Crippen LogP contribution in [0.25, 0.3) is 6.08 Å². The Hall–Kier alpha value is -2.86. The number of ketones is 1. The van der Waals surface area contributed by atoms with Gasteiger partial charge in [-0.1, -0.05) is 11.6 Å². The standard InChI is InChI=1S/C20H22ClNO5/c1-5-27-16-7-6-13(11-15(16)22)19(23)14(21)8-12-9-17(24-2)20(26-4)18(10-12)25-3/h6-11H,5,22H2,1-4H3. The van der Waals surface area contributed by atoms with E-state index in [0.29, 0.717) is 46.4 Å². The summed E-state index contributed by atoms with van der Waals surface area (Å²) < 4.78 is 21.3. The molecule has 0 saturated carbocycles. The SMILES string of the molecule is CCOc1ccc(C(=O)C(Cl)=Cc2cc(OC)c(OC)c(OC)c2)cc1N. The van der Waals surface area contributed by atoms with Gasteiger partial charge in [0, 0.05) is 5.56 Å². The van der Waals surface area contributed by atoms with Crippen molar-refractivity contribution in [3.63, 3.8) is 0 Å². The maximum Gasteiger partial charge on any atom is 0.204 e. The molecule has 0 amide bonds. The summed E-state index contributed by atoms with van der Waals surface area (Å²) in [6, 6.07) is 8.20. The molecule has 2 aromatic carbocycles. The first-order valence-electron chi connectivity index (χ1n) is 8.19. The van der Waals surface area contributed by atoms with E-state index in [4.69, 9.17) is 36.3 Å². The number of hydrogen-bond donors (Lipinski definition) is 1. The van der Waals surface area contributed by atoms with Crippen LogP contribution in [0.4, 0.5) is 5.69 Å². The van der Waals surface area contributed by atoms with Crippen LogP contribution in [0.2, 0.25) is 0 Å². The highest BCUT2D eigenvalue weighted by atomic mass is 35.5. The fourth-order valence-electron chi connectivity index (χ4n) is 2.51. The van der Waals surface area contributed by atoms with Crippen molar-refractivity contribution in [2.45, 2.75) is 6.92 Å². The Kier molecular flexibility index (Phi) is 6.96. The van der Waals surface area contributed by atoms with Crippen molar-refractivity contribution < 1.29 is 23.7 Å². The van der Waals surface area contributed by atoms with Crippen LogP contribution in [0.15, 0.2) is 35.4 Å². The number of benzene rings is 2. The summed E-state index contributed by atoms with van der Waals surface area (Å²) in [4.78, 5) is 12.6. The molecule has 7 heteroatoms. The number of halogens is 1. The second-order valence-electron chi connectivity index (χ2n) is 5.47. The molecular weight excluding hydrogens is 370 g/mol. The topological polar surface area (TPSA) is 80.0 Å². The number of methoxy groups -OCH3 is 3. The Morgan fingerprint density at radius 1 is 1.04 bits per heavy atom. The third-order valence-electron chi connectivity index (χ3n) is 3.77. The number of nitrogens with two attached hydrogens (primary N) is 1. The molecule has 0 unspecified atom stereocenters. The van der Waals surface area contributed by atoms with Crippen LogP contribution in [0.5, 0.6) is 23.0 Å². The van der Waals surface area contributed by atoms with E-state index >= 15 is 0 Å². The van der Waals surface area contributed by atoms with Crippen molar-refractivity contribution in [3.05, 3.63) is 46.5 Å². The van der Waals surface area contributed by atoms with E-state index < -0.39 is 0 Å². The van der Waals surface area contributed by atoms with E-state index in [-0.39, 0.29) is 10.8 Å². The molecule has 0 bridgehead atoms. The first kappa shape index (κ1) is 20.5. The van der Waals surface area contributed by atoms with E-state index in [1.165, 1.54) is 27.4 Å². The van der Waals surface area contributed by atoms with Crippen molar-refractivity contribution in [2.75, 3.05) is 33.7 Å². The Morgan fingerprint density at radius 3 is 2.15 bits per heavy atom. The van der Waals surface area contributed by atoms with Gasteiger partial charge in [0.25, 0.3) is 0 Å². The molecule has 6 nitrogen and oxygen atoms in total. The van der Waals surface area contributed by atoms with Crippen molar-refractivity contribution in [2.24, 2.45) is 0 Å². The molecule has 0 atom stereocenters. The highest BCUT2D eigenvalue weighted by Crippen LogP contribution is 2.39.